The van der Waals surface area contributed by atoms with E-state index in [2.05, 4.69) is 40.8 Å². The maximum atomic E-state index is 12.3. The molecule has 6 aromatic rings. The molecule has 206 valence electrons. The van der Waals surface area contributed by atoms with Crippen molar-refractivity contribution in [3.63, 3.8) is 0 Å². The molecule has 12 nitrogen and oxygen atoms in total. The van der Waals surface area contributed by atoms with E-state index in [-0.39, 0.29) is 24.1 Å². The van der Waals surface area contributed by atoms with Crippen LogP contribution in [-0.4, -0.2) is 46.6 Å². The van der Waals surface area contributed by atoms with E-state index in [1.54, 1.807) is 53.6 Å². The monoisotopic (exact) mass is 549 g/mol. The highest BCUT2D eigenvalue weighted by atomic mass is 16.5. The third-order valence-corrected chi connectivity index (χ3v) is 6.56. The molecule has 12 heteroatoms. The van der Waals surface area contributed by atoms with Gasteiger partial charge in [-0.3, -0.25) is 19.6 Å². The van der Waals surface area contributed by atoms with Gasteiger partial charge in [0, 0.05) is 36.3 Å². The van der Waals surface area contributed by atoms with Gasteiger partial charge in [0.15, 0.2) is 5.65 Å². The Bertz CT molecular complexity index is 1850. The van der Waals surface area contributed by atoms with Gasteiger partial charge in [0.05, 0.1) is 29.3 Å². The molecular weight excluding hydrogens is 522 g/mol. The van der Waals surface area contributed by atoms with Crippen LogP contribution in [0, 0.1) is 0 Å². The van der Waals surface area contributed by atoms with Crippen molar-refractivity contribution in [2.24, 2.45) is 0 Å². The standard InChI is InChI=1S/C29H27N9O3/c1-17(2)38-27-20(28(40)36-38)8-9-24(34-27)33-25-14-22(32-23(16-39)18-6-4-3-5-7-18)21(15-31-25)29-35-26(37-41-29)19-10-12-30-13-11-19/h3-15,17,23,39H,16H2,1-2H3,(H,36,40)(H2,31,32,33,34)/t23-/m1/s1. The fourth-order valence-corrected chi connectivity index (χ4v) is 4.48. The molecule has 5 aromatic heterocycles. The molecule has 0 radical (unpaired) electrons. The average Bonchev–Trinajstić information content (AvgIpc) is 3.62. The first-order chi connectivity index (χ1) is 20.0. The second-order valence-corrected chi connectivity index (χ2v) is 9.66. The SMILES string of the molecule is CC(C)n1[nH]c(=O)c2ccc(Nc3cc(N[C@H](CO)c4ccccc4)c(-c4nc(-c5ccncc5)no4)cn3)nc21. The Morgan fingerprint density at radius 1 is 1.02 bits per heavy atom. The van der Waals surface area contributed by atoms with E-state index >= 15 is 0 Å². The number of pyridine rings is 3. The zero-order valence-corrected chi connectivity index (χ0v) is 22.3. The molecule has 4 N–H and O–H groups in total. The van der Waals surface area contributed by atoms with Crippen molar-refractivity contribution in [3.8, 4) is 22.8 Å². The summed E-state index contributed by atoms with van der Waals surface area (Å²) in [5, 5.41) is 24.3. The minimum atomic E-state index is -0.414. The van der Waals surface area contributed by atoms with Gasteiger partial charge in [-0.25, -0.2) is 9.97 Å². The quantitative estimate of drug-likeness (QED) is 0.199. The molecule has 1 aromatic carbocycles. The highest BCUT2D eigenvalue weighted by Crippen LogP contribution is 2.33. The van der Waals surface area contributed by atoms with Crippen molar-refractivity contribution in [2.75, 3.05) is 17.2 Å². The molecule has 6 rings (SSSR count). The molecule has 0 amide bonds. The number of aromatic amines is 1. The summed E-state index contributed by atoms with van der Waals surface area (Å²) < 4.78 is 7.35. The fraction of sp³-hybridized carbons (Fsp3) is 0.172. The number of anilines is 3. The summed E-state index contributed by atoms with van der Waals surface area (Å²) in [4.78, 5) is 30.2. The number of benzene rings is 1. The van der Waals surface area contributed by atoms with Gasteiger partial charge in [-0.1, -0.05) is 35.5 Å². The largest absolute Gasteiger partial charge is 0.394 e. The zero-order valence-electron chi connectivity index (χ0n) is 22.3. The van der Waals surface area contributed by atoms with Crippen LogP contribution in [0.2, 0.25) is 0 Å². The van der Waals surface area contributed by atoms with Crippen LogP contribution in [-0.2, 0) is 0 Å². The first kappa shape index (κ1) is 25.9. The van der Waals surface area contributed by atoms with Crippen LogP contribution in [0.5, 0.6) is 0 Å². The lowest BCUT2D eigenvalue weighted by molar-refractivity contribution is 0.276. The van der Waals surface area contributed by atoms with Crippen molar-refractivity contribution in [2.45, 2.75) is 25.9 Å². The number of aromatic nitrogens is 7. The first-order valence-corrected chi connectivity index (χ1v) is 13.1. The average molecular weight is 550 g/mol. The van der Waals surface area contributed by atoms with Crippen molar-refractivity contribution < 1.29 is 9.63 Å². The van der Waals surface area contributed by atoms with Gasteiger partial charge in [-0.2, -0.15) is 4.98 Å². The molecule has 0 aliphatic carbocycles. The molecule has 0 saturated heterocycles. The van der Waals surface area contributed by atoms with E-state index in [1.807, 2.05) is 44.2 Å². The summed E-state index contributed by atoms with van der Waals surface area (Å²) >= 11 is 0. The lowest BCUT2D eigenvalue weighted by Crippen LogP contribution is -2.15. The van der Waals surface area contributed by atoms with E-state index in [9.17, 15) is 9.90 Å². The molecule has 0 spiro atoms. The van der Waals surface area contributed by atoms with E-state index < -0.39 is 6.04 Å². The van der Waals surface area contributed by atoms with Gasteiger partial charge in [-0.05, 0) is 43.7 Å². The Morgan fingerprint density at radius 2 is 1.83 bits per heavy atom. The molecule has 1 atom stereocenters. The molecule has 41 heavy (non-hydrogen) atoms. The maximum Gasteiger partial charge on any atom is 0.273 e. The normalized spacial score (nSPS) is 12.1. The highest BCUT2D eigenvalue weighted by Gasteiger charge is 2.20. The second-order valence-electron chi connectivity index (χ2n) is 9.66. The molecule has 0 aliphatic heterocycles. The van der Waals surface area contributed by atoms with Gasteiger partial charge in [0.1, 0.15) is 11.6 Å². The van der Waals surface area contributed by atoms with Crippen LogP contribution < -0.4 is 16.2 Å². The van der Waals surface area contributed by atoms with Crippen molar-refractivity contribution in [3.05, 3.63) is 95.2 Å². The van der Waals surface area contributed by atoms with Crippen LogP contribution in [0.15, 0.2) is 88.6 Å². The van der Waals surface area contributed by atoms with Crippen LogP contribution >= 0.6 is 0 Å². The third-order valence-electron chi connectivity index (χ3n) is 6.56. The van der Waals surface area contributed by atoms with Gasteiger partial charge < -0.3 is 20.3 Å². The number of hydrogen-bond acceptors (Lipinski definition) is 10. The molecule has 0 saturated carbocycles. The predicted molar refractivity (Wildman–Crippen MR) is 155 cm³/mol. The van der Waals surface area contributed by atoms with E-state index in [0.29, 0.717) is 39.7 Å². The van der Waals surface area contributed by atoms with E-state index in [0.717, 1.165) is 11.1 Å². The van der Waals surface area contributed by atoms with Gasteiger partial charge in [-0.15, -0.1) is 0 Å². The molecule has 5 heterocycles. The van der Waals surface area contributed by atoms with E-state index in [1.165, 1.54) is 0 Å². The van der Waals surface area contributed by atoms with Gasteiger partial charge in [0.25, 0.3) is 11.4 Å². The van der Waals surface area contributed by atoms with Crippen LogP contribution in [0.3, 0.4) is 0 Å². The van der Waals surface area contributed by atoms with Crippen LogP contribution in [0.25, 0.3) is 33.9 Å². The predicted octanol–water partition coefficient (Wildman–Crippen LogP) is 4.70. The Balaban J connectivity index is 1.38. The number of H-pyrrole nitrogens is 1. The summed E-state index contributed by atoms with van der Waals surface area (Å²) in [5.74, 6) is 1.67. The second kappa shape index (κ2) is 11.0. The number of hydrogen-bond donors (Lipinski definition) is 4. The summed E-state index contributed by atoms with van der Waals surface area (Å²) in [6, 6.07) is 18.1. The van der Waals surface area contributed by atoms with Gasteiger partial charge in [0.2, 0.25) is 5.82 Å². The molecule has 0 fully saturated rings. The number of rotatable bonds is 9. The minimum Gasteiger partial charge on any atom is -0.394 e. The lowest BCUT2D eigenvalue weighted by Gasteiger charge is -2.20. The van der Waals surface area contributed by atoms with Crippen molar-refractivity contribution in [1.82, 2.24) is 34.9 Å². The Kier molecular flexibility index (Phi) is 6.96. The number of nitrogens with one attached hydrogen (secondary N) is 3. The Labute approximate surface area is 234 Å². The third kappa shape index (κ3) is 5.28. The summed E-state index contributed by atoms with van der Waals surface area (Å²) in [5.41, 5.74) is 3.19. The highest BCUT2D eigenvalue weighted by molar-refractivity contribution is 5.79. The fourth-order valence-electron chi connectivity index (χ4n) is 4.48. The maximum absolute atomic E-state index is 12.3. The molecule has 0 bridgehead atoms. The summed E-state index contributed by atoms with van der Waals surface area (Å²) in [6.07, 6.45) is 4.93. The summed E-state index contributed by atoms with van der Waals surface area (Å²) in [6.45, 7) is 3.79. The molecule has 0 unspecified atom stereocenters. The molecular formula is C29H27N9O3. The number of nitrogens with zero attached hydrogens (tertiary/aromatic N) is 6. The first-order valence-electron chi connectivity index (χ1n) is 13.1. The summed E-state index contributed by atoms with van der Waals surface area (Å²) in [7, 11) is 0. The number of fused-ring (bicyclic) bond motifs is 1. The number of aliphatic hydroxyl groups excluding tert-OH is 1. The van der Waals surface area contributed by atoms with Crippen molar-refractivity contribution in [1.29, 1.82) is 0 Å². The molecule has 0 aliphatic rings. The Morgan fingerprint density at radius 3 is 2.59 bits per heavy atom. The topological polar surface area (TPSA) is 160 Å². The number of aliphatic hydroxyl groups is 1. The Hall–Kier alpha value is -5.36. The smallest absolute Gasteiger partial charge is 0.273 e. The van der Waals surface area contributed by atoms with Crippen LogP contribution in [0.1, 0.15) is 31.5 Å². The lowest BCUT2D eigenvalue weighted by atomic mass is 10.1. The van der Waals surface area contributed by atoms with Crippen molar-refractivity contribution >= 4 is 28.4 Å². The minimum absolute atomic E-state index is 0.0241. The van der Waals surface area contributed by atoms with E-state index in [4.69, 9.17) is 4.52 Å². The zero-order chi connectivity index (χ0) is 28.3. The van der Waals surface area contributed by atoms with Crippen LogP contribution in [0.4, 0.5) is 17.3 Å². The van der Waals surface area contributed by atoms with Gasteiger partial charge >= 0.3 is 0 Å².